The summed E-state index contributed by atoms with van der Waals surface area (Å²) in [7, 11) is 1.68. The lowest BCUT2D eigenvalue weighted by Crippen LogP contribution is -2.59. The van der Waals surface area contributed by atoms with Gasteiger partial charge in [0.25, 0.3) is 0 Å². The van der Waals surface area contributed by atoms with E-state index in [-0.39, 0.29) is 31.0 Å². The molecule has 0 saturated heterocycles. The first-order valence-corrected chi connectivity index (χ1v) is 20.8. The van der Waals surface area contributed by atoms with E-state index in [0.717, 1.165) is 12.8 Å². The van der Waals surface area contributed by atoms with Crippen molar-refractivity contribution in [3.05, 3.63) is 0 Å². The smallest absolute Gasteiger partial charge is 0.243 e. The van der Waals surface area contributed by atoms with Gasteiger partial charge in [-0.3, -0.25) is 28.8 Å². The van der Waals surface area contributed by atoms with E-state index < -0.39 is 59.9 Å². The number of carbonyl (C=O) groups excluding carboxylic acids is 6. The fourth-order valence-electron chi connectivity index (χ4n) is 6.18. The minimum atomic E-state index is -1.06. The molecule has 18 nitrogen and oxygen atoms in total. The minimum absolute atomic E-state index is 0.206. The normalized spacial score (nSPS) is 14.4. The summed E-state index contributed by atoms with van der Waals surface area (Å²) in [6.45, 7) is 3.94. The highest BCUT2D eigenvalue weighted by Crippen LogP contribution is 2.11. The van der Waals surface area contributed by atoms with Gasteiger partial charge in [-0.15, -0.1) is 0 Å². The lowest BCUT2D eigenvalue weighted by molar-refractivity contribution is -0.135. The van der Waals surface area contributed by atoms with Crippen LogP contribution in [0.2, 0.25) is 0 Å². The largest absolute Gasteiger partial charge is 0.345 e. The summed E-state index contributed by atoms with van der Waals surface area (Å²) in [5.41, 5.74) is 34.1. The maximum Gasteiger partial charge on any atom is 0.243 e. The number of ketones is 1. The Bertz CT molecular complexity index is 1120. The van der Waals surface area contributed by atoms with Crippen LogP contribution in [-0.4, -0.2) is 118 Å². The molecule has 0 aliphatic heterocycles. The molecule has 5 amide bonds. The molecule has 0 spiro atoms. The van der Waals surface area contributed by atoms with Crippen LogP contribution in [0.4, 0.5) is 0 Å². The summed E-state index contributed by atoms with van der Waals surface area (Å²) in [5, 5.41) is 17.1. The highest BCUT2D eigenvalue weighted by molar-refractivity contribution is 5.96. The summed E-state index contributed by atoms with van der Waals surface area (Å²) in [4.78, 5) is 80.8. The van der Waals surface area contributed by atoms with Crippen molar-refractivity contribution in [2.45, 2.75) is 159 Å². The summed E-state index contributed by atoms with van der Waals surface area (Å²) < 4.78 is 0. The van der Waals surface area contributed by atoms with Crippen LogP contribution in [0.25, 0.3) is 0 Å². The van der Waals surface area contributed by atoms with Gasteiger partial charge in [0.05, 0.1) is 12.1 Å². The molecule has 0 saturated carbocycles. The van der Waals surface area contributed by atoms with Gasteiger partial charge < -0.3 is 66.3 Å². The molecule has 0 aliphatic rings. The molecule has 6 atom stereocenters. The van der Waals surface area contributed by atoms with E-state index in [1.165, 1.54) is 6.92 Å². The van der Waals surface area contributed by atoms with Gasteiger partial charge in [-0.2, -0.15) is 0 Å². The lowest BCUT2D eigenvalue weighted by atomic mass is 10.0. The Balaban J connectivity index is 6.28. The van der Waals surface area contributed by atoms with Crippen LogP contribution in [-0.2, 0) is 28.8 Å². The first kappa shape index (κ1) is 52.7. The molecule has 0 aromatic rings. The molecular weight excluding hydrogens is 720 g/mol. The Hall–Kier alpha value is -3.26. The number of nitrogens with one attached hydrogen (secondary N) is 6. The van der Waals surface area contributed by atoms with Crippen LogP contribution in [0.15, 0.2) is 0 Å². The number of unbranched alkanes of at least 4 members (excludes halogenated alkanes) is 6. The molecule has 0 bridgehead atoms. The maximum atomic E-state index is 14.0. The van der Waals surface area contributed by atoms with Gasteiger partial charge in [0.1, 0.15) is 24.2 Å². The molecule has 0 heterocycles. The topological polar surface area (TPSA) is 331 Å². The molecule has 0 aromatic heterocycles. The van der Waals surface area contributed by atoms with E-state index in [1.807, 2.05) is 0 Å². The SMILES string of the molecule is CNC(CCCCN)C(=O)NC(CCCCN)C(=O)NC(CCCCN)C(=O)NC(CCCCN)C(=O)NC(CCCCN)C(=O)NC(CCCCN)C(C)=O. The van der Waals surface area contributed by atoms with Crippen LogP contribution in [0, 0.1) is 0 Å². The monoisotopic (exact) mass is 799 g/mol. The molecule has 6 unspecified atom stereocenters. The van der Waals surface area contributed by atoms with E-state index in [9.17, 15) is 28.8 Å². The van der Waals surface area contributed by atoms with Gasteiger partial charge in [-0.05, 0) is 162 Å². The summed E-state index contributed by atoms with van der Waals surface area (Å²) in [6, 6.07) is -5.31. The van der Waals surface area contributed by atoms with Gasteiger partial charge in [-0.25, -0.2) is 0 Å². The zero-order valence-corrected chi connectivity index (χ0v) is 34.3. The van der Waals surface area contributed by atoms with Crippen molar-refractivity contribution in [1.82, 2.24) is 31.9 Å². The molecule has 0 aliphatic carbocycles. The Labute approximate surface area is 335 Å². The van der Waals surface area contributed by atoms with Crippen LogP contribution in [0.1, 0.15) is 122 Å². The number of rotatable bonds is 36. The van der Waals surface area contributed by atoms with Crippen molar-refractivity contribution in [2.24, 2.45) is 34.4 Å². The molecule has 56 heavy (non-hydrogen) atoms. The quantitative estimate of drug-likeness (QED) is 0.0317. The molecule has 0 aromatic carbocycles. The van der Waals surface area contributed by atoms with Crippen molar-refractivity contribution < 1.29 is 28.8 Å². The second-order valence-electron chi connectivity index (χ2n) is 14.5. The second kappa shape index (κ2) is 33.8. The lowest BCUT2D eigenvalue weighted by Gasteiger charge is -2.28. The molecule has 18 N–H and O–H groups in total. The van der Waals surface area contributed by atoms with Crippen LogP contribution in [0.3, 0.4) is 0 Å². The van der Waals surface area contributed by atoms with E-state index in [0.29, 0.717) is 123 Å². The molecular formula is C38H78N12O6. The number of carbonyl (C=O) groups is 6. The third-order valence-corrected chi connectivity index (χ3v) is 9.69. The standard InChI is InChI=1S/C38H78N12O6/c1-27(51)28(15-3-9-21-39)46-35(53)30(17-5-11-23-41)48-37(55)32(19-7-13-25-43)50-38(56)33(20-8-14-26-44)49-36(54)31(18-6-12-24-42)47-34(52)29(45-2)16-4-10-22-40/h28-33,45H,3-26,39-44H2,1-2H3,(H,46,53)(H,47,52)(H,48,55)(H,49,54)(H,50,56). The average Bonchev–Trinajstić information content (AvgIpc) is 3.17. The second-order valence-corrected chi connectivity index (χ2v) is 14.5. The zero-order valence-electron chi connectivity index (χ0n) is 34.3. The van der Waals surface area contributed by atoms with Crippen molar-refractivity contribution >= 4 is 35.3 Å². The first-order chi connectivity index (χ1) is 26.9. The molecule has 0 radical (unpaired) electrons. The van der Waals surface area contributed by atoms with Gasteiger partial charge in [-0.1, -0.05) is 6.42 Å². The van der Waals surface area contributed by atoms with Gasteiger partial charge in [0.2, 0.25) is 29.5 Å². The van der Waals surface area contributed by atoms with Crippen molar-refractivity contribution in [1.29, 1.82) is 0 Å². The molecule has 0 rings (SSSR count). The maximum absolute atomic E-state index is 14.0. The number of hydrogen-bond donors (Lipinski definition) is 12. The van der Waals surface area contributed by atoms with Crippen molar-refractivity contribution in [2.75, 3.05) is 46.3 Å². The first-order valence-electron chi connectivity index (χ1n) is 20.8. The zero-order chi connectivity index (χ0) is 42.1. The fraction of sp³-hybridized carbons (Fsp3) is 0.842. The Morgan fingerprint density at radius 3 is 0.750 bits per heavy atom. The van der Waals surface area contributed by atoms with E-state index in [4.69, 9.17) is 34.4 Å². The Morgan fingerprint density at radius 1 is 0.339 bits per heavy atom. The molecule has 0 fully saturated rings. The third kappa shape index (κ3) is 23.7. The predicted octanol–water partition coefficient (Wildman–Crippen LogP) is -1.64. The number of hydrogen-bond acceptors (Lipinski definition) is 13. The van der Waals surface area contributed by atoms with E-state index in [1.54, 1.807) is 7.05 Å². The number of amides is 5. The summed E-state index contributed by atoms with van der Waals surface area (Å²) >= 11 is 0. The average molecular weight is 799 g/mol. The number of Topliss-reactive ketones (excluding diaryl/α,β-unsaturated/α-hetero) is 1. The van der Waals surface area contributed by atoms with Gasteiger partial charge in [0.15, 0.2) is 5.78 Å². The van der Waals surface area contributed by atoms with Crippen LogP contribution >= 0.6 is 0 Å². The van der Waals surface area contributed by atoms with Gasteiger partial charge in [0, 0.05) is 0 Å². The van der Waals surface area contributed by atoms with Crippen LogP contribution in [0.5, 0.6) is 0 Å². The number of nitrogens with two attached hydrogens (primary N) is 6. The summed E-state index contributed by atoms with van der Waals surface area (Å²) in [6.07, 6.45) is 9.38. The number of likely N-dealkylation sites (N-methyl/N-ethyl adjacent to an activating group) is 1. The van der Waals surface area contributed by atoms with Crippen molar-refractivity contribution in [3.63, 3.8) is 0 Å². The van der Waals surface area contributed by atoms with Gasteiger partial charge >= 0.3 is 0 Å². The van der Waals surface area contributed by atoms with Crippen LogP contribution < -0.4 is 66.3 Å². The van der Waals surface area contributed by atoms with Crippen molar-refractivity contribution in [3.8, 4) is 0 Å². The Kier molecular flexibility index (Phi) is 31.9. The summed E-state index contributed by atoms with van der Waals surface area (Å²) in [5.74, 6) is -2.77. The fourth-order valence-corrected chi connectivity index (χ4v) is 6.18. The molecule has 326 valence electrons. The minimum Gasteiger partial charge on any atom is -0.345 e. The Morgan fingerprint density at radius 2 is 0.536 bits per heavy atom. The predicted molar refractivity (Wildman–Crippen MR) is 221 cm³/mol. The van der Waals surface area contributed by atoms with E-state index >= 15 is 0 Å². The highest BCUT2D eigenvalue weighted by Gasteiger charge is 2.32. The molecule has 18 heteroatoms. The van der Waals surface area contributed by atoms with E-state index in [2.05, 4.69) is 31.9 Å². The third-order valence-electron chi connectivity index (χ3n) is 9.69. The highest BCUT2D eigenvalue weighted by atomic mass is 16.2.